The first-order chi connectivity index (χ1) is 9.97. The number of hydrogen-bond donors (Lipinski definition) is 1. The predicted octanol–water partition coefficient (Wildman–Crippen LogP) is 2.98. The zero-order valence-electron chi connectivity index (χ0n) is 12.1. The first-order valence-electron chi connectivity index (χ1n) is 7.24. The second-order valence-corrected chi connectivity index (χ2v) is 6.16. The molecule has 0 aliphatic carbocycles. The van der Waals surface area contributed by atoms with Crippen LogP contribution >= 0.6 is 11.6 Å². The van der Waals surface area contributed by atoms with Crippen LogP contribution in [-0.4, -0.2) is 34.5 Å². The summed E-state index contributed by atoms with van der Waals surface area (Å²) in [4.78, 5) is 24.9. The number of rotatable bonds is 5. The summed E-state index contributed by atoms with van der Waals surface area (Å²) >= 11 is 5.85. The van der Waals surface area contributed by atoms with Crippen LogP contribution in [-0.2, 0) is 16.0 Å². The van der Waals surface area contributed by atoms with Crippen molar-refractivity contribution >= 4 is 23.5 Å². The second kappa shape index (κ2) is 6.94. The summed E-state index contributed by atoms with van der Waals surface area (Å²) in [7, 11) is 0. The van der Waals surface area contributed by atoms with Gasteiger partial charge in [-0.25, -0.2) is 4.79 Å². The molecule has 1 heterocycles. The highest BCUT2D eigenvalue weighted by atomic mass is 35.5. The van der Waals surface area contributed by atoms with Crippen molar-refractivity contribution in [3.63, 3.8) is 0 Å². The van der Waals surface area contributed by atoms with E-state index < -0.39 is 12.0 Å². The number of carboxylic acids is 1. The SMILES string of the molecule is CC(CC(=O)N1CCC[C@@H]1C(=O)O)Cc1ccc(Cl)cc1. The van der Waals surface area contributed by atoms with Crippen molar-refractivity contribution in [3.8, 4) is 0 Å². The van der Waals surface area contributed by atoms with Gasteiger partial charge in [-0.3, -0.25) is 4.79 Å². The zero-order chi connectivity index (χ0) is 15.4. The Morgan fingerprint density at radius 1 is 1.38 bits per heavy atom. The Balaban J connectivity index is 1.90. The summed E-state index contributed by atoms with van der Waals surface area (Å²) in [6.45, 7) is 2.57. The minimum absolute atomic E-state index is 0.0543. The molecule has 2 atom stereocenters. The highest BCUT2D eigenvalue weighted by Crippen LogP contribution is 2.21. The van der Waals surface area contributed by atoms with E-state index >= 15 is 0 Å². The van der Waals surface area contributed by atoms with Gasteiger partial charge in [-0.1, -0.05) is 30.7 Å². The van der Waals surface area contributed by atoms with E-state index in [9.17, 15) is 9.59 Å². The topological polar surface area (TPSA) is 57.6 Å². The van der Waals surface area contributed by atoms with Crippen molar-refractivity contribution in [2.75, 3.05) is 6.54 Å². The molecule has 5 heteroatoms. The van der Waals surface area contributed by atoms with Crippen molar-refractivity contribution in [3.05, 3.63) is 34.9 Å². The van der Waals surface area contributed by atoms with Crippen molar-refractivity contribution in [1.29, 1.82) is 0 Å². The molecule has 1 aliphatic heterocycles. The average molecular weight is 310 g/mol. The Labute approximate surface area is 129 Å². The molecule has 0 spiro atoms. The van der Waals surface area contributed by atoms with Crippen LogP contribution in [0.4, 0.5) is 0 Å². The predicted molar refractivity (Wildman–Crippen MR) is 81.3 cm³/mol. The molecular formula is C16H20ClNO3. The molecule has 114 valence electrons. The van der Waals surface area contributed by atoms with Gasteiger partial charge in [0.15, 0.2) is 0 Å². The highest BCUT2D eigenvalue weighted by Gasteiger charge is 2.34. The van der Waals surface area contributed by atoms with E-state index in [1.165, 1.54) is 4.90 Å². The van der Waals surface area contributed by atoms with Gasteiger partial charge in [0.1, 0.15) is 6.04 Å². The van der Waals surface area contributed by atoms with Gasteiger partial charge in [-0.15, -0.1) is 0 Å². The Morgan fingerprint density at radius 2 is 2.05 bits per heavy atom. The molecule has 1 aromatic rings. The molecule has 1 unspecified atom stereocenters. The third-order valence-corrected chi connectivity index (χ3v) is 4.13. The Morgan fingerprint density at radius 3 is 2.67 bits per heavy atom. The maximum absolute atomic E-state index is 12.3. The number of carbonyl (C=O) groups excluding carboxylic acids is 1. The van der Waals surface area contributed by atoms with Crippen molar-refractivity contribution in [2.24, 2.45) is 5.92 Å². The van der Waals surface area contributed by atoms with E-state index in [0.29, 0.717) is 24.4 Å². The maximum Gasteiger partial charge on any atom is 0.326 e. The lowest BCUT2D eigenvalue weighted by Gasteiger charge is -2.23. The van der Waals surface area contributed by atoms with Crippen LogP contribution in [0.3, 0.4) is 0 Å². The Hall–Kier alpha value is -1.55. The fourth-order valence-corrected chi connectivity index (χ4v) is 2.96. The van der Waals surface area contributed by atoms with Crippen LogP contribution in [0.1, 0.15) is 31.7 Å². The van der Waals surface area contributed by atoms with Crippen LogP contribution in [0.5, 0.6) is 0 Å². The number of hydrogen-bond acceptors (Lipinski definition) is 2. The third kappa shape index (κ3) is 4.21. The molecule has 0 bridgehead atoms. The van der Waals surface area contributed by atoms with Crippen molar-refractivity contribution in [1.82, 2.24) is 4.90 Å². The first kappa shape index (κ1) is 15.8. The van der Waals surface area contributed by atoms with Gasteiger partial charge in [-0.05, 0) is 42.9 Å². The summed E-state index contributed by atoms with van der Waals surface area (Å²) < 4.78 is 0. The monoisotopic (exact) mass is 309 g/mol. The van der Waals surface area contributed by atoms with Gasteiger partial charge in [-0.2, -0.15) is 0 Å². The number of likely N-dealkylation sites (tertiary alicyclic amines) is 1. The van der Waals surface area contributed by atoms with Crippen LogP contribution in [0.25, 0.3) is 0 Å². The lowest BCUT2D eigenvalue weighted by molar-refractivity contribution is -0.148. The summed E-state index contributed by atoms with van der Waals surface area (Å²) in [6.07, 6.45) is 2.50. The maximum atomic E-state index is 12.3. The van der Waals surface area contributed by atoms with E-state index in [0.717, 1.165) is 18.4 Å². The van der Waals surface area contributed by atoms with Crippen LogP contribution in [0.15, 0.2) is 24.3 Å². The van der Waals surface area contributed by atoms with E-state index in [-0.39, 0.29) is 11.8 Å². The minimum atomic E-state index is -0.897. The average Bonchev–Trinajstić information content (AvgIpc) is 2.91. The quantitative estimate of drug-likeness (QED) is 0.909. The lowest BCUT2D eigenvalue weighted by atomic mass is 9.97. The number of nitrogens with zero attached hydrogens (tertiary/aromatic N) is 1. The smallest absolute Gasteiger partial charge is 0.326 e. The largest absolute Gasteiger partial charge is 0.480 e. The molecule has 4 nitrogen and oxygen atoms in total. The molecule has 1 fully saturated rings. The van der Waals surface area contributed by atoms with Crippen LogP contribution < -0.4 is 0 Å². The minimum Gasteiger partial charge on any atom is -0.480 e. The van der Waals surface area contributed by atoms with Crippen LogP contribution in [0, 0.1) is 5.92 Å². The van der Waals surface area contributed by atoms with E-state index in [1.54, 1.807) is 0 Å². The lowest BCUT2D eigenvalue weighted by Crippen LogP contribution is -2.41. The van der Waals surface area contributed by atoms with E-state index in [1.807, 2.05) is 31.2 Å². The van der Waals surface area contributed by atoms with Gasteiger partial charge in [0.2, 0.25) is 5.91 Å². The molecule has 1 saturated heterocycles. The summed E-state index contributed by atoms with van der Waals surface area (Å²) in [5.41, 5.74) is 1.14. The summed E-state index contributed by atoms with van der Waals surface area (Å²) in [5, 5.41) is 9.82. The van der Waals surface area contributed by atoms with Gasteiger partial charge >= 0.3 is 5.97 Å². The zero-order valence-corrected chi connectivity index (χ0v) is 12.8. The fraction of sp³-hybridized carbons (Fsp3) is 0.500. The molecule has 0 saturated carbocycles. The van der Waals surface area contributed by atoms with Crippen molar-refractivity contribution in [2.45, 2.75) is 38.6 Å². The van der Waals surface area contributed by atoms with Gasteiger partial charge < -0.3 is 10.0 Å². The molecule has 1 aromatic carbocycles. The highest BCUT2D eigenvalue weighted by molar-refractivity contribution is 6.30. The molecule has 21 heavy (non-hydrogen) atoms. The summed E-state index contributed by atoms with van der Waals surface area (Å²) in [6, 6.07) is 6.96. The van der Waals surface area contributed by atoms with Crippen molar-refractivity contribution < 1.29 is 14.7 Å². The number of amides is 1. The fourth-order valence-electron chi connectivity index (χ4n) is 2.83. The number of benzene rings is 1. The van der Waals surface area contributed by atoms with E-state index in [4.69, 9.17) is 16.7 Å². The number of halogens is 1. The van der Waals surface area contributed by atoms with Gasteiger partial charge in [0.25, 0.3) is 0 Å². The Bertz CT molecular complexity index is 515. The van der Waals surface area contributed by atoms with Gasteiger partial charge in [0, 0.05) is 18.0 Å². The second-order valence-electron chi connectivity index (χ2n) is 5.72. The normalized spacial score (nSPS) is 19.5. The molecule has 1 aliphatic rings. The molecule has 0 aromatic heterocycles. The molecule has 1 N–H and O–H groups in total. The van der Waals surface area contributed by atoms with E-state index in [2.05, 4.69) is 0 Å². The van der Waals surface area contributed by atoms with Gasteiger partial charge in [0.05, 0.1) is 0 Å². The molecule has 2 rings (SSSR count). The van der Waals surface area contributed by atoms with Crippen LogP contribution in [0.2, 0.25) is 5.02 Å². The summed E-state index contributed by atoms with van der Waals surface area (Å²) in [5.74, 6) is -0.777. The number of carbonyl (C=O) groups is 2. The number of aliphatic carboxylic acids is 1. The Kier molecular flexibility index (Phi) is 5.23. The molecular weight excluding hydrogens is 290 g/mol. The molecule has 0 radical (unpaired) electrons. The standard InChI is InChI=1S/C16H20ClNO3/c1-11(9-12-4-6-13(17)7-5-12)10-15(19)18-8-2-3-14(18)16(20)21/h4-7,11,14H,2-3,8-10H2,1H3,(H,20,21)/t11?,14-/m1/s1. The number of carboxylic acid groups (broad SMARTS) is 1. The molecule has 1 amide bonds. The first-order valence-corrected chi connectivity index (χ1v) is 7.62. The third-order valence-electron chi connectivity index (χ3n) is 3.88.